The lowest BCUT2D eigenvalue weighted by Gasteiger charge is -2.03. The number of carboxylic acid groups (broad SMARTS) is 1. The topological polar surface area (TPSA) is 66.8 Å². The Morgan fingerprint density at radius 1 is 1.50 bits per heavy atom. The number of carbonyl (C=O) groups is 1. The molecule has 0 spiro atoms. The molecule has 0 unspecified atom stereocenters. The Labute approximate surface area is 69.0 Å². The van der Waals surface area contributed by atoms with Crippen molar-refractivity contribution in [2.45, 2.75) is 6.92 Å². The largest absolute Gasteiger partial charge is 0.478 e. The van der Waals surface area contributed by atoms with Gasteiger partial charge in [0.05, 0.1) is 0 Å². The van der Waals surface area contributed by atoms with Crippen LogP contribution in [0.15, 0.2) is 18.2 Å². The number of aromatic carboxylic acids is 1. The number of rotatable bonds is 2. The van der Waals surface area contributed by atoms with Gasteiger partial charge in [-0.3, -0.25) is 0 Å². The molecule has 0 bridgehead atoms. The summed E-state index contributed by atoms with van der Waals surface area (Å²) in [5.41, 5.74) is 0.536. The molecule has 1 aromatic rings. The maximum absolute atomic E-state index is 10.6. The first kappa shape index (κ1) is 8.55. The van der Waals surface area contributed by atoms with Gasteiger partial charge in [0.25, 0.3) is 0 Å². The second-order valence-corrected chi connectivity index (χ2v) is 2.34. The summed E-state index contributed by atoms with van der Waals surface area (Å²) >= 11 is 0. The van der Waals surface area contributed by atoms with Crippen LogP contribution < -0.4 is 4.89 Å². The van der Waals surface area contributed by atoms with Gasteiger partial charge >= 0.3 is 5.97 Å². The van der Waals surface area contributed by atoms with E-state index in [0.717, 1.165) is 0 Å². The van der Waals surface area contributed by atoms with Crippen LogP contribution in [0.1, 0.15) is 15.9 Å². The second-order valence-electron chi connectivity index (χ2n) is 2.34. The van der Waals surface area contributed by atoms with Crippen LogP contribution >= 0.6 is 0 Å². The van der Waals surface area contributed by atoms with E-state index in [4.69, 9.17) is 10.4 Å². The van der Waals surface area contributed by atoms with Crippen molar-refractivity contribution in [2.24, 2.45) is 0 Å². The maximum Gasteiger partial charge on any atom is 0.339 e. The van der Waals surface area contributed by atoms with E-state index in [1.165, 1.54) is 6.07 Å². The second kappa shape index (κ2) is 3.23. The smallest absolute Gasteiger partial charge is 0.339 e. The monoisotopic (exact) mass is 168 g/mol. The minimum absolute atomic E-state index is 0.0139. The van der Waals surface area contributed by atoms with E-state index < -0.39 is 5.97 Å². The lowest BCUT2D eigenvalue weighted by atomic mass is 10.1. The standard InChI is InChI=1S/C8H8O4/c1-5-3-2-4-6(12-11)7(5)8(9)10/h2-4,11H,1H3,(H,9,10). The van der Waals surface area contributed by atoms with E-state index in [9.17, 15) is 4.79 Å². The van der Waals surface area contributed by atoms with E-state index >= 15 is 0 Å². The van der Waals surface area contributed by atoms with Crippen LogP contribution in [-0.2, 0) is 0 Å². The Kier molecular flexibility index (Phi) is 2.30. The zero-order valence-corrected chi connectivity index (χ0v) is 6.44. The fraction of sp³-hybridized carbons (Fsp3) is 0.125. The van der Waals surface area contributed by atoms with Gasteiger partial charge in [-0.1, -0.05) is 12.1 Å². The van der Waals surface area contributed by atoms with E-state index in [2.05, 4.69) is 4.89 Å². The molecule has 0 saturated heterocycles. The zero-order valence-electron chi connectivity index (χ0n) is 6.44. The van der Waals surface area contributed by atoms with Gasteiger partial charge in [0.2, 0.25) is 0 Å². The predicted octanol–water partition coefficient (Wildman–Crippen LogP) is 1.55. The summed E-state index contributed by atoms with van der Waals surface area (Å²) in [6.45, 7) is 1.63. The highest BCUT2D eigenvalue weighted by atomic mass is 17.1. The van der Waals surface area contributed by atoms with E-state index in [0.29, 0.717) is 5.56 Å². The molecule has 2 N–H and O–H groups in total. The minimum Gasteiger partial charge on any atom is -0.478 e. The maximum atomic E-state index is 10.6. The van der Waals surface area contributed by atoms with Crippen molar-refractivity contribution in [3.05, 3.63) is 29.3 Å². The van der Waals surface area contributed by atoms with Crippen molar-refractivity contribution in [1.29, 1.82) is 0 Å². The third-order valence-corrected chi connectivity index (χ3v) is 1.55. The van der Waals surface area contributed by atoms with Gasteiger partial charge in [0, 0.05) is 0 Å². The summed E-state index contributed by atoms with van der Waals surface area (Å²) in [6.07, 6.45) is 0. The molecule has 64 valence electrons. The Bertz CT molecular complexity index is 306. The summed E-state index contributed by atoms with van der Waals surface area (Å²) in [7, 11) is 0. The molecule has 0 saturated carbocycles. The SMILES string of the molecule is Cc1cccc(OO)c1C(=O)O. The van der Waals surface area contributed by atoms with Crippen LogP contribution in [0.2, 0.25) is 0 Å². The van der Waals surface area contributed by atoms with Crippen molar-refractivity contribution in [3.8, 4) is 5.75 Å². The molecule has 0 fully saturated rings. The van der Waals surface area contributed by atoms with Gasteiger partial charge < -0.3 is 9.99 Å². The van der Waals surface area contributed by atoms with Crippen molar-refractivity contribution in [1.82, 2.24) is 0 Å². The fourth-order valence-electron chi connectivity index (χ4n) is 0.991. The van der Waals surface area contributed by atoms with Crippen molar-refractivity contribution < 1.29 is 20.0 Å². The summed E-state index contributed by atoms with van der Waals surface area (Å²) in [5, 5.41) is 17.0. The van der Waals surface area contributed by atoms with Gasteiger partial charge in [0.15, 0.2) is 5.75 Å². The molecule has 1 rings (SSSR count). The Morgan fingerprint density at radius 3 is 2.58 bits per heavy atom. The van der Waals surface area contributed by atoms with Crippen LogP contribution in [0.5, 0.6) is 5.75 Å². The highest BCUT2D eigenvalue weighted by Gasteiger charge is 2.13. The van der Waals surface area contributed by atoms with Gasteiger partial charge in [-0.05, 0) is 18.6 Å². The molecule has 0 aliphatic rings. The lowest BCUT2D eigenvalue weighted by molar-refractivity contribution is -0.138. The van der Waals surface area contributed by atoms with E-state index in [1.807, 2.05) is 0 Å². The molecule has 0 atom stereocenters. The van der Waals surface area contributed by atoms with Crippen LogP contribution in [0, 0.1) is 6.92 Å². The average Bonchev–Trinajstić information content (AvgIpc) is 2.03. The molecule has 1 aromatic carbocycles. The van der Waals surface area contributed by atoms with Crippen LogP contribution in [0.4, 0.5) is 0 Å². The van der Waals surface area contributed by atoms with Gasteiger partial charge in [-0.25, -0.2) is 10.1 Å². The van der Waals surface area contributed by atoms with Crippen LogP contribution in [-0.4, -0.2) is 16.3 Å². The molecule has 12 heavy (non-hydrogen) atoms. The van der Waals surface area contributed by atoms with Gasteiger partial charge in [0.1, 0.15) is 5.56 Å². The highest BCUT2D eigenvalue weighted by molar-refractivity contribution is 5.92. The molecule has 4 nitrogen and oxygen atoms in total. The average molecular weight is 168 g/mol. The Morgan fingerprint density at radius 2 is 2.17 bits per heavy atom. The van der Waals surface area contributed by atoms with Crippen LogP contribution in [0.3, 0.4) is 0 Å². The third-order valence-electron chi connectivity index (χ3n) is 1.55. The summed E-state index contributed by atoms with van der Waals surface area (Å²) in [6, 6.07) is 4.62. The molecule has 0 amide bonds. The fourth-order valence-corrected chi connectivity index (χ4v) is 0.991. The molecule has 0 aliphatic carbocycles. The number of carboxylic acids is 1. The first-order chi connectivity index (χ1) is 5.66. The minimum atomic E-state index is -1.11. The molecule has 4 heteroatoms. The normalized spacial score (nSPS) is 9.50. The molecule has 0 heterocycles. The molecular formula is C8H8O4. The van der Waals surface area contributed by atoms with E-state index in [1.54, 1.807) is 19.1 Å². The zero-order chi connectivity index (χ0) is 9.14. The lowest BCUT2D eigenvalue weighted by Crippen LogP contribution is -2.02. The predicted molar refractivity (Wildman–Crippen MR) is 41.4 cm³/mol. The summed E-state index contributed by atoms with van der Waals surface area (Å²) in [5.74, 6) is -1.15. The number of aryl methyl sites for hydroxylation is 1. The van der Waals surface area contributed by atoms with Gasteiger partial charge in [-0.2, -0.15) is 0 Å². The number of hydrogen-bond donors (Lipinski definition) is 2. The van der Waals surface area contributed by atoms with Gasteiger partial charge in [-0.15, -0.1) is 0 Å². The van der Waals surface area contributed by atoms with Crippen molar-refractivity contribution in [3.63, 3.8) is 0 Å². The molecular weight excluding hydrogens is 160 g/mol. The molecule has 0 aromatic heterocycles. The summed E-state index contributed by atoms with van der Waals surface area (Å²) in [4.78, 5) is 14.5. The number of hydrogen-bond acceptors (Lipinski definition) is 3. The van der Waals surface area contributed by atoms with Crippen molar-refractivity contribution in [2.75, 3.05) is 0 Å². The van der Waals surface area contributed by atoms with E-state index in [-0.39, 0.29) is 11.3 Å². The third kappa shape index (κ3) is 1.38. The Balaban J connectivity index is 3.29. The van der Waals surface area contributed by atoms with Crippen molar-refractivity contribution >= 4 is 5.97 Å². The molecule has 0 radical (unpaired) electrons. The Hall–Kier alpha value is -1.55. The first-order valence-corrected chi connectivity index (χ1v) is 3.31. The summed E-state index contributed by atoms with van der Waals surface area (Å²) < 4.78 is 0. The quantitative estimate of drug-likeness (QED) is 0.519. The number of benzene rings is 1. The first-order valence-electron chi connectivity index (χ1n) is 3.31. The highest BCUT2D eigenvalue weighted by Crippen LogP contribution is 2.20. The molecule has 0 aliphatic heterocycles. The van der Waals surface area contributed by atoms with Crippen LogP contribution in [0.25, 0.3) is 0 Å².